The molecule has 2 aromatic heterocycles. The Labute approximate surface area is 218 Å². The van der Waals surface area contributed by atoms with Gasteiger partial charge < -0.3 is 15.5 Å². The predicted octanol–water partition coefficient (Wildman–Crippen LogP) is 5.73. The van der Waals surface area contributed by atoms with Crippen LogP contribution in [0.3, 0.4) is 0 Å². The molecule has 0 radical (unpaired) electrons. The highest BCUT2D eigenvalue weighted by atomic mass is 16.1. The van der Waals surface area contributed by atoms with Gasteiger partial charge in [0.2, 0.25) is 5.95 Å². The zero-order valence-corrected chi connectivity index (χ0v) is 21.3. The van der Waals surface area contributed by atoms with Crippen LogP contribution < -0.4 is 10.6 Å². The molecule has 1 saturated heterocycles. The molecule has 2 N–H and O–H groups in total. The molecule has 7 nitrogen and oxygen atoms in total. The van der Waals surface area contributed by atoms with Crippen LogP contribution in [-0.2, 0) is 6.42 Å². The number of amides is 1. The van der Waals surface area contributed by atoms with Crippen molar-refractivity contribution < 1.29 is 4.79 Å². The summed E-state index contributed by atoms with van der Waals surface area (Å²) in [4.78, 5) is 28.7. The minimum Gasteiger partial charge on any atom is -0.322 e. The van der Waals surface area contributed by atoms with E-state index in [0.29, 0.717) is 17.2 Å². The SMILES string of the molecule is Cc1ncc(NC(=O)c2ccc(CC3CCN(C)CC3)cc2)cc1Nc1nccc(-c2ccccc2)n1. The van der Waals surface area contributed by atoms with Gasteiger partial charge in [0.1, 0.15) is 0 Å². The van der Waals surface area contributed by atoms with Gasteiger partial charge in [0.15, 0.2) is 0 Å². The molecule has 3 heterocycles. The number of carbonyl (C=O) groups excluding carboxylic acids is 1. The molecule has 7 heteroatoms. The van der Waals surface area contributed by atoms with Crippen molar-refractivity contribution in [2.45, 2.75) is 26.2 Å². The number of benzene rings is 2. The third-order valence-corrected chi connectivity index (χ3v) is 6.90. The molecule has 5 rings (SSSR count). The van der Waals surface area contributed by atoms with Gasteiger partial charge >= 0.3 is 0 Å². The minimum absolute atomic E-state index is 0.162. The minimum atomic E-state index is -0.162. The summed E-state index contributed by atoms with van der Waals surface area (Å²) in [5.74, 6) is 1.03. The fourth-order valence-electron chi connectivity index (χ4n) is 4.63. The van der Waals surface area contributed by atoms with Crippen LogP contribution in [-0.4, -0.2) is 45.9 Å². The smallest absolute Gasteiger partial charge is 0.255 e. The molecule has 0 unspecified atom stereocenters. The van der Waals surface area contributed by atoms with Crippen LogP contribution in [0, 0.1) is 12.8 Å². The maximum atomic E-state index is 12.9. The summed E-state index contributed by atoms with van der Waals surface area (Å²) < 4.78 is 0. The molecule has 0 aliphatic carbocycles. The topological polar surface area (TPSA) is 83.0 Å². The van der Waals surface area contributed by atoms with E-state index in [-0.39, 0.29) is 5.91 Å². The lowest BCUT2D eigenvalue weighted by molar-refractivity contribution is 0.102. The first-order chi connectivity index (χ1) is 18.0. The van der Waals surface area contributed by atoms with E-state index in [1.54, 1.807) is 12.4 Å². The van der Waals surface area contributed by atoms with Crippen molar-refractivity contribution in [2.75, 3.05) is 30.8 Å². The first kappa shape index (κ1) is 24.6. The number of nitrogens with zero attached hydrogens (tertiary/aromatic N) is 4. The first-order valence-electron chi connectivity index (χ1n) is 12.7. The molecule has 4 aromatic rings. The number of hydrogen-bond acceptors (Lipinski definition) is 6. The van der Waals surface area contributed by atoms with E-state index in [4.69, 9.17) is 0 Å². The maximum Gasteiger partial charge on any atom is 0.255 e. The molecule has 0 bridgehead atoms. The number of aryl methyl sites for hydroxylation is 1. The number of pyridine rings is 1. The van der Waals surface area contributed by atoms with Gasteiger partial charge in [-0.25, -0.2) is 9.97 Å². The van der Waals surface area contributed by atoms with Gasteiger partial charge in [-0.05, 0) is 82.1 Å². The van der Waals surface area contributed by atoms with Crippen molar-refractivity contribution in [1.29, 1.82) is 0 Å². The first-order valence-corrected chi connectivity index (χ1v) is 12.7. The van der Waals surface area contributed by atoms with Crippen LogP contribution >= 0.6 is 0 Å². The molecule has 1 fully saturated rings. The lowest BCUT2D eigenvalue weighted by Gasteiger charge is -2.28. The van der Waals surface area contributed by atoms with E-state index in [1.165, 1.54) is 18.4 Å². The molecule has 0 spiro atoms. The molecule has 1 amide bonds. The van der Waals surface area contributed by atoms with Crippen LogP contribution in [0.25, 0.3) is 11.3 Å². The number of rotatable bonds is 7. The molecule has 37 heavy (non-hydrogen) atoms. The monoisotopic (exact) mass is 492 g/mol. The molecular formula is C30H32N6O. The summed E-state index contributed by atoms with van der Waals surface area (Å²) in [5.41, 5.74) is 5.87. The average molecular weight is 493 g/mol. The molecule has 0 atom stereocenters. The largest absolute Gasteiger partial charge is 0.322 e. The third kappa shape index (κ3) is 6.37. The Kier molecular flexibility index (Phi) is 7.51. The number of nitrogens with one attached hydrogen (secondary N) is 2. The van der Waals surface area contributed by atoms with Gasteiger partial charge in [-0.1, -0.05) is 42.5 Å². The van der Waals surface area contributed by atoms with Crippen LogP contribution in [0.4, 0.5) is 17.3 Å². The van der Waals surface area contributed by atoms with Crippen molar-refractivity contribution in [3.05, 3.63) is 95.9 Å². The number of carbonyl (C=O) groups is 1. The summed E-state index contributed by atoms with van der Waals surface area (Å²) in [5, 5.41) is 6.21. The lowest BCUT2D eigenvalue weighted by Crippen LogP contribution is -2.30. The second-order valence-electron chi connectivity index (χ2n) is 9.72. The Hall–Kier alpha value is -4.10. The highest BCUT2D eigenvalue weighted by molar-refractivity contribution is 6.04. The van der Waals surface area contributed by atoms with Gasteiger partial charge in [-0.2, -0.15) is 0 Å². The second kappa shape index (κ2) is 11.3. The van der Waals surface area contributed by atoms with Crippen LogP contribution in [0.15, 0.2) is 79.1 Å². The summed E-state index contributed by atoms with van der Waals surface area (Å²) in [6.45, 7) is 4.23. The Morgan fingerprint density at radius 2 is 1.76 bits per heavy atom. The van der Waals surface area contributed by atoms with Crippen molar-refractivity contribution in [1.82, 2.24) is 19.9 Å². The molecule has 188 valence electrons. The molecular weight excluding hydrogens is 460 g/mol. The summed E-state index contributed by atoms with van der Waals surface area (Å²) in [6.07, 6.45) is 6.92. The Bertz CT molecular complexity index is 1350. The number of piperidine rings is 1. The third-order valence-electron chi connectivity index (χ3n) is 6.90. The van der Waals surface area contributed by atoms with E-state index in [2.05, 4.69) is 49.7 Å². The zero-order valence-electron chi connectivity index (χ0n) is 21.3. The normalized spacial score (nSPS) is 14.3. The number of aromatic nitrogens is 3. The predicted molar refractivity (Wildman–Crippen MR) is 148 cm³/mol. The molecule has 2 aromatic carbocycles. The summed E-state index contributed by atoms with van der Waals surface area (Å²) >= 11 is 0. The summed E-state index contributed by atoms with van der Waals surface area (Å²) in [7, 11) is 2.18. The molecule has 1 aliphatic rings. The highest BCUT2D eigenvalue weighted by Gasteiger charge is 2.17. The van der Waals surface area contributed by atoms with E-state index in [0.717, 1.165) is 48.1 Å². The van der Waals surface area contributed by atoms with Crippen LogP contribution in [0.5, 0.6) is 0 Å². The number of likely N-dealkylation sites (tertiary alicyclic amines) is 1. The Morgan fingerprint density at radius 3 is 2.51 bits per heavy atom. The number of hydrogen-bond donors (Lipinski definition) is 2. The lowest BCUT2D eigenvalue weighted by atomic mass is 9.90. The van der Waals surface area contributed by atoms with Gasteiger partial charge in [0.25, 0.3) is 5.91 Å². The van der Waals surface area contributed by atoms with E-state index in [1.807, 2.05) is 61.5 Å². The van der Waals surface area contributed by atoms with Crippen molar-refractivity contribution in [2.24, 2.45) is 5.92 Å². The summed E-state index contributed by atoms with van der Waals surface area (Å²) in [6, 6.07) is 21.6. The van der Waals surface area contributed by atoms with Crippen LogP contribution in [0.1, 0.15) is 34.5 Å². The van der Waals surface area contributed by atoms with Gasteiger partial charge in [-0.15, -0.1) is 0 Å². The second-order valence-corrected chi connectivity index (χ2v) is 9.72. The highest BCUT2D eigenvalue weighted by Crippen LogP contribution is 2.24. The van der Waals surface area contributed by atoms with E-state index in [9.17, 15) is 4.79 Å². The van der Waals surface area contributed by atoms with Crippen molar-refractivity contribution in [3.8, 4) is 11.3 Å². The zero-order chi connectivity index (χ0) is 25.6. The van der Waals surface area contributed by atoms with Crippen LogP contribution in [0.2, 0.25) is 0 Å². The average Bonchev–Trinajstić information content (AvgIpc) is 2.93. The van der Waals surface area contributed by atoms with E-state index < -0.39 is 0 Å². The fraction of sp³-hybridized carbons (Fsp3) is 0.267. The fourth-order valence-corrected chi connectivity index (χ4v) is 4.63. The quantitative estimate of drug-likeness (QED) is 0.343. The Morgan fingerprint density at radius 1 is 1.00 bits per heavy atom. The van der Waals surface area contributed by atoms with E-state index >= 15 is 0 Å². The van der Waals surface area contributed by atoms with Crippen molar-refractivity contribution in [3.63, 3.8) is 0 Å². The number of anilines is 3. The molecule has 0 saturated carbocycles. The van der Waals surface area contributed by atoms with Gasteiger partial charge in [0.05, 0.1) is 29.0 Å². The van der Waals surface area contributed by atoms with Gasteiger partial charge in [0, 0.05) is 17.3 Å². The Balaban J connectivity index is 1.24. The standard InChI is InChI=1S/C30H32N6O/c1-21-28(35-30-31-15-12-27(34-30)24-6-4-3-5-7-24)19-26(20-32-21)33-29(37)25-10-8-22(9-11-25)18-23-13-16-36(2)17-14-23/h3-12,15,19-20,23H,13-14,16-18H2,1-2H3,(H,33,37)(H,31,34,35). The maximum absolute atomic E-state index is 12.9. The molecule has 1 aliphatic heterocycles. The van der Waals surface area contributed by atoms with Crippen molar-refractivity contribution >= 4 is 23.2 Å². The van der Waals surface area contributed by atoms with Gasteiger partial charge in [-0.3, -0.25) is 9.78 Å².